The number of nitrogens with zero attached hydrogens (tertiary/aromatic N) is 3. The van der Waals surface area contributed by atoms with Gasteiger partial charge in [-0.05, 0) is 12.3 Å². The van der Waals surface area contributed by atoms with E-state index in [0.717, 1.165) is 23.7 Å². The summed E-state index contributed by atoms with van der Waals surface area (Å²) in [6, 6.07) is 0. The van der Waals surface area contributed by atoms with Crippen molar-refractivity contribution in [2.24, 2.45) is 5.92 Å². The number of hydrogen-bond donors (Lipinski definition) is 1. The molecule has 2 aromatic heterocycles. The van der Waals surface area contributed by atoms with Gasteiger partial charge in [-0.25, -0.2) is 4.98 Å². The van der Waals surface area contributed by atoms with E-state index in [0.29, 0.717) is 5.71 Å². The van der Waals surface area contributed by atoms with Crippen molar-refractivity contribution in [1.82, 2.24) is 15.1 Å². The SMILES string of the molecule is c1nc(NCCC2CCC2)c2cnoc2n1. The Morgan fingerprint density at radius 2 is 2.31 bits per heavy atom. The molecule has 3 rings (SSSR count). The first-order valence-electron chi connectivity index (χ1n) is 5.73. The Kier molecular flexibility index (Phi) is 2.44. The van der Waals surface area contributed by atoms with Gasteiger partial charge in [-0.2, -0.15) is 4.98 Å². The Morgan fingerprint density at radius 1 is 1.38 bits per heavy atom. The predicted molar refractivity (Wildman–Crippen MR) is 60.0 cm³/mol. The van der Waals surface area contributed by atoms with Crippen molar-refractivity contribution in [3.63, 3.8) is 0 Å². The molecule has 5 nitrogen and oxygen atoms in total. The van der Waals surface area contributed by atoms with Crippen LogP contribution in [-0.4, -0.2) is 21.7 Å². The second kappa shape index (κ2) is 4.08. The Labute approximate surface area is 93.3 Å². The molecule has 1 aliphatic rings. The lowest BCUT2D eigenvalue weighted by Gasteiger charge is -2.25. The summed E-state index contributed by atoms with van der Waals surface area (Å²) in [5.74, 6) is 1.73. The van der Waals surface area contributed by atoms with Crippen molar-refractivity contribution in [2.45, 2.75) is 25.7 Å². The van der Waals surface area contributed by atoms with Gasteiger partial charge in [0.2, 0.25) is 0 Å². The first-order chi connectivity index (χ1) is 7.93. The average Bonchev–Trinajstić information content (AvgIpc) is 2.70. The Bertz CT molecular complexity index is 478. The second-order valence-corrected chi connectivity index (χ2v) is 4.28. The summed E-state index contributed by atoms with van der Waals surface area (Å²) in [5.41, 5.74) is 0.543. The average molecular weight is 218 g/mol. The standard InChI is InChI=1S/C11H14N4O/c1-2-8(3-1)4-5-12-10-9-6-15-16-11(9)14-7-13-10/h6-8H,1-5H2,(H,12,13,14). The van der Waals surface area contributed by atoms with Crippen LogP contribution in [0.25, 0.3) is 11.1 Å². The minimum atomic E-state index is 0.543. The molecule has 2 aromatic rings. The molecule has 2 heterocycles. The van der Waals surface area contributed by atoms with Gasteiger partial charge in [0, 0.05) is 6.54 Å². The van der Waals surface area contributed by atoms with Gasteiger partial charge in [-0.3, -0.25) is 0 Å². The number of aromatic nitrogens is 3. The van der Waals surface area contributed by atoms with Crippen LogP contribution in [0.1, 0.15) is 25.7 Å². The van der Waals surface area contributed by atoms with Crippen molar-refractivity contribution < 1.29 is 4.52 Å². The molecule has 0 bridgehead atoms. The summed E-state index contributed by atoms with van der Waals surface area (Å²) in [5, 5.41) is 7.89. The van der Waals surface area contributed by atoms with E-state index in [1.165, 1.54) is 32.0 Å². The molecule has 5 heteroatoms. The van der Waals surface area contributed by atoms with E-state index in [4.69, 9.17) is 4.52 Å². The molecule has 1 N–H and O–H groups in total. The van der Waals surface area contributed by atoms with Crippen LogP contribution in [0, 0.1) is 5.92 Å². The zero-order chi connectivity index (χ0) is 10.8. The summed E-state index contributed by atoms with van der Waals surface area (Å²) in [6.07, 6.45) is 8.54. The van der Waals surface area contributed by atoms with E-state index in [2.05, 4.69) is 20.4 Å². The fourth-order valence-corrected chi connectivity index (χ4v) is 2.01. The molecular weight excluding hydrogens is 204 g/mol. The van der Waals surface area contributed by atoms with Gasteiger partial charge < -0.3 is 9.84 Å². The number of hydrogen-bond acceptors (Lipinski definition) is 5. The van der Waals surface area contributed by atoms with E-state index in [1.807, 2.05) is 0 Å². The highest BCUT2D eigenvalue weighted by atomic mass is 16.5. The first-order valence-corrected chi connectivity index (χ1v) is 5.73. The number of fused-ring (bicyclic) bond motifs is 1. The lowest BCUT2D eigenvalue weighted by atomic mass is 9.83. The minimum Gasteiger partial charge on any atom is -0.369 e. The molecule has 0 aromatic carbocycles. The minimum absolute atomic E-state index is 0.543. The van der Waals surface area contributed by atoms with Crippen molar-refractivity contribution in [2.75, 3.05) is 11.9 Å². The molecule has 0 amide bonds. The lowest BCUT2D eigenvalue weighted by molar-refractivity contribution is 0.303. The maximum absolute atomic E-state index is 4.98. The van der Waals surface area contributed by atoms with Crippen LogP contribution in [0.2, 0.25) is 0 Å². The predicted octanol–water partition coefficient (Wildman–Crippen LogP) is 2.22. The highest BCUT2D eigenvalue weighted by Crippen LogP contribution is 2.29. The monoisotopic (exact) mass is 218 g/mol. The Balaban J connectivity index is 1.66. The topological polar surface area (TPSA) is 63.8 Å². The van der Waals surface area contributed by atoms with E-state index in [-0.39, 0.29) is 0 Å². The fraction of sp³-hybridized carbons (Fsp3) is 0.545. The Morgan fingerprint density at radius 3 is 3.12 bits per heavy atom. The summed E-state index contributed by atoms with van der Waals surface area (Å²) in [7, 11) is 0. The van der Waals surface area contributed by atoms with Crippen molar-refractivity contribution in [1.29, 1.82) is 0 Å². The lowest BCUT2D eigenvalue weighted by Crippen LogP contribution is -2.16. The van der Waals surface area contributed by atoms with E-state index in [9.17, 15) is 0 Å². The first kappa shape index (κ1) is 9.57. The fourth-order valence-electron chi connectivity index (χ4n) is 2.01. The van der Waals surface area contributed by atoms with Crippen LogP contribution < -0.4 is 5.32 Å². The largest absolute Gasteiger partial charge is 0.369 e. The molecule has 0 aliphatic heterocycles. The highest BCUT2D eigenvalue weighted by molar-refractivity contribution is 5.83. The molecule has 0 radical (unpaired) electrons. The molecule has 84 valence electrons. The van der Waals surface area contributed by atoms with Crippen molar-refractivity contribution in [3.05, 3.63) is 12.5 Å². The molecule has 16 heavy (non-hydrogen) atoms. The van der Waals surface area contributed by atoms with Gasteiger partial charge in [0.05, 0.1) is 6.20 Å². The zero-order valence-electron chi connectivity index (χ0n) is 9.02. The van der Waals surface area contributed by atoms with Crippen LogP contribution in [0.4, 0.5) is 5.82 Å². The van der Waals surface area contributed by atoms with Gasteiger partial charge in [-0.1, -0.05) is 24.4 Å². The Hall–Kier alpha value is -1.65. The zero-order valence-corrected chi connectivity index (χ0v) is 9.02. The summed E-state index contributed by atoms with van der Waals surface area (Å²) >= 11 is 0. The van der Waals surface area contributed by atoms with E-state index in [1.54, 1.807) is 6.20 Å². The molecule has 1 aliphatic carbocycles. The van der Waals surface area contributed by atoms with Gasteiger partial charge >= 0.3 is 0 Å². The van der Waals surface area contributed by atoms with Crippen LogP contribution in [0.5, 0.6) is 0 Å². The molecule has 1 saturated carbocycles. The summed E-state index contributed by atoms with van der Waals surface area (Å²) in [4.78, 5) is 8.19. The van der Waals surface area contributed by atoms with Crippen molar-refractivity contribution in [3.8, 4) is 0 Å². The van der Waals surface area contributed by atoms with E-state index >= 15 is 0 Å². The molecule has 1 fully saturated rings. The molecule has 0 unspecified atom stereocenters. The number of nitrogens with one attached hydrogen (secondary N) is 1. The van der Waals surface area contributed by atoms with Crippen LogP contribution in [0.3, 0.4) is 0 Å². The summed E-state index contributed by atoms with van der Waals surface area (Å²) < 4.78 is 4.98. The third kappa shape index (κ3) is 1.73. The van der Waals surface area contributed by atoms with Gasteiger partial charge in [0.25, 0.3) is 5.71 Å². The van der Waals surface area contributed by atoms with Crippen LogP contribution in [-0.2, 0) is 0 Å². The van der Waals surface area contributed by atoms with Gasteiger partial charge in [-0.15, -0.1) is 0 Å². The third-order valence-corrected chi connectivity index (χ3v) is 3.24. The quantitative estimate of drug-likeness (QED) is 0.852. The van der Waals surface area contributed by atoms with Gasteiger partial charge in [0.1, 0.15) is 17.5 Å². The molecule has 0 spiro atoms. The maximum Gasteiger partial charge on any atom is 0.262 e. The van der Waals surface area contributed by atoms with Crippen LogP contribution >= 0.6 is 0 Å². The molecule has 0 atom stereocenters. The third-order valence-electron chi connectivity index (χ3n) is 3.24. The highest BCUT2D eigenvalue weighted by Gasteiger charge is 2.16. The smallest absolute Gasteiger partial charge is 0.262 e. The summed E-state index contributed by atoms with van der Waals surface area (Å²) in [6.45, 7) is 0.960. The molecule has 0 saturated heterocycles. The number of rotatable bonds is 4. The number of anilines is 1. The van der Waals surface area contributed by atoms with Gasteiger partial charge in [0.15, 0.2) is 0 Å². The second-order valence-electron chi connectivity index (χ2n) is 4.28. The van der Waals surface area contributed by atoms with Crippen molar-refractivity contribution >= 4 is 16.9 Å². The maximum atomic E-state index is 4.98. The molecular formula is C11H14N4O. The normalized spacial score (nSPS) is 16.2. The van der Waals surface area contributed by atoms with Crippen LogP contribution in [0.15, 0.2) is 17.0 Å². The van der Waals surface area contributed by atoms with E-state index < -0.39 is 0 Å².